The van der Waals surface area contributed by atoms with Crippen molar-refractivity contribution in [2.75, 3.05) is 44.8 Å². The summed E-state index contributed by atoms with van der Waals surface area (Å²) in [7, 11) is 3.06. The Morgan fingerprint density at radius 3 is 2.62 bits per heavy atom. The van der Waals surface area contributed by atoms with Crippen molar-refractivity contribution in [1.82, 2.24) is 24.0 Å². The van der Waals surface area contributed by atoms with Crippen molar-refractivity contribution < 1.29 is 4.74 Å². The second-order valence-electron chi connectivity index (χ2n) is 6.13. The van der Waals surface area contributed by atoms with E-state index in [9.17, 15) is 9.59 Å². The maximum Gasteiger partial charge on any atom is 0.332 e. The molecule has 3 rings (SSSR count). The van der Waals surface area contributed by atoms with E-state index >= 15 is 0 Å². The van der Waals surface area contributed by atoms with Gasteiger partial charge in [-0.3, -0.25) is 18.5 Å². The molecule has 1 fully saturated rings. The predicted octanol–water partition coefficient (Wildman–Crippen LogP) is -1.02. The molecule has 1 aliphatic heterocycles. The molecule has 1 saturated heterocycles. The quantitative estimate of drug-likeness (QED) is 0.687. The molecule has 1 aliphatic rings. The highest BCUT2D eigenvalue weighted by molar-refractivity contribution is 5.75. The molecule has 9 nitrogen and oxygen atoms in total. The molecule has 0 aliphatic carbocycles. The molecular weight excluding hydrogens is 336 g/mol. The standard InChI is InChI=1S/C17H24N6O3/c1-4-5-8-22-13-14(19-16(22)21-9-6-18-7-10-21)23(11-12-26-3)17(25)20(2)15(13)24/h18H,6-12H2,1-3H3. The van der Waals surface area contributed by atoms with Crippen LogP contribution in [0, 0.1) is 11.8 Å². The average molecular weight is 360 g/mol. The molecule has 0 aromatic carbocycles. The van der Waals surface area contributed by atoms with E-state index in [1.54, 1.807) is 14.0 Å². The van der Waals surface area contributed by atoms with Crippen molar-refractivity contribution in [3.63, 3.8) is 0 Å². The number of fused-ring (bicyclic) bond motifs is 1. The number of piperazine rings is 1. The topological polar surface area (TPSA) is 86.3 Å². The van der Waals surface area contributed by atoms with Gasteiger partial charge in [-0.05, 0) is 6.92 Å². The zero-order valence-electron chi connectivity index (χ0n) is 15.4. The monoisotopic (exact) mass is 360 g/mol. The van der Waals surface area contributed by atoms with Gasteiger partial charge < -0.3 is 15.0 Å². The minimum Gasteiger partial charge on any atom is -0.383 e. The Morgan fingerprint density at radius 2 is 1.96 bits per heavy atom. The maximum absolute atomic E-state index is 12.8. The molecule has 0 unspecified atom stereocenters. The van der Waals surface area contributed by atoms with Gasteiger partial charge in [0.1, 0.15) is 0 Å². The zero-order chi connectivity index (χ0) is 18.7. The van der Waals surface area contributed by atoms with Gasteiger partial charge in [0, 0.05) is 40.3 Å². The Labute approximate surface area is 151 Å². The first-order valence-electron chi connectivity index (χ1n) is 8.64. The van der Waals surface area contributed by atoms with Gasteiger partial charge in [0.15, 0.2) is 11.2 Å². The van der Waals surface area contributed by atoms with E-state index in [-0.39, 0.29) is 5.56 Å². The van der Waals surface area contributed by atoms with Gasteiger partial charge in [0.2, 0.25) is 5.95 Å². The number of methoxy groups -OCH3 is 1. The number of anilines is 1. The van der Waals surface area contributed by atoms with Crippen molar-refractivity contribution in [3.05, 3.63) is 20.8 Å². The summed E-state index contributed by atoms with van der Waals surface area (Å²) < 4.78 is 9.56. The van der Waals surface area contributed by atoms with Crippen molar-refractivity contribution in [3.8, 4) is 11.8 Å². The maximum atomic E-state index is 12.8. The molecule has 26 heavy (non-hydrogen) atoms. The Hall–Kier alpha value is -2.57. The summed E-state index contributed by atoms with van der Waals surface area (Å²) in [6.45, 7) is 6.06. The van der Waals surface area contributed by atoms with Crippen LogP contribution in [0.3, 0.4) is 0 Å². The third-order valence-electron chi connectivity index (χ3n) is 4.54. The summed E-state index contributed by atoms with van der Waals surface area (Å²) in [6, 6.07) is 0. The molecule has 2 aromatic heterocycles. The largest absolute Gasteiger partial charge is 0.383 e. The van der Waals surface area contributed by atoms with E-state index in [1.807, 2.05) is 4.57 Å². The highest BCUT2D eigenvalue weighted by Gasteiger charge is 2.24. The molecule has 0 radical (unpaired) electrons. The van der Waals surface area contributed by atoms with Gasteiger partial charge in [0.25, 0.3) is 5.56 Å². The van der Waals surface area contributed by atoms with E-state index in [0.29, 0.717) is 36.8 Å². The fraction of sp³-hybridized carbons (Fsp3) is 0.588. The molecule has 2 aromatic rings. The number of ether oxygens (including phenoxy) is 1. The summed E-state index contributed by atoms with van der Waals surface area (Å²) in [5.41, 5.74) is 0.0455. The van der Waals surface area contributed by atoms with Crippen LogP contribution in [0.25, 0.3) is 11.2 Å². The number of nitrogens with zero attached hydrogens (tertiary/aromatic N) is 5. The number of nitrogens with one attached hydrogen (secondary N) is 1. The van der Waals surface area contributed by atoms with E-state index in [0.717, 1.165) is 30.7 Å². The summed E-state index contributed by atoms with van der Waals surface area (Å²) >= 11 is 0. The second kappa shape index (κ2) is 7.76. The highest BCUT2D eigenvalue weighted by atomic mass is 16.5. The van der Waals surface area contributed by atoms with Gasteiger partial charge in [-0.15, -0.1) is 5.92 Å². The van der Waals surface area contributed by atoms with Gasteiger partial charge >= 0.3 is 5.69 Å². The van der Waals surface area contributed by atoms with Crippen LogP contribution in [0.4, 0.5) is 5.95 Å². The van der Waals surface area contributed by atoms with Crippen LogP contribution in [-0.4, -0.2) is 58.6 Å². The number of imidazole rings is 1. The Balaban J connectivity index is 2.29. The third kappa shape index (κ3) is 3.13. The fourth-order valence-electron chi connectivity index (χ4n) is 3.14. The number of aromatic nitrogens is 4. The molecule has 9 heteroatoms. The molecule has 0 atom stereocenters. The van der Waals surface area contributed by atoms with Crippen LogP contribution in [0.5, 0.6) is 0 Å². The lowest BCUT2D eigenvalue weighted by Gasteiger charge is -2.28. The summed E-state index contributed by atoms with van der Waals surface area (Å²) in [4.78, 5) is 32.2. The van der Waals surface area contributed by atoms with Crippen LogP contribution in [0.1, 0.15) is 6.92 Å². The summed E-state index contributed by atoms with van der Waals surface area (Å²) in [5, 5.41) is 3.31. The predicted molar refractivity (Wildman–Crippen MR) is 99.6 cm³/mol. The summed E-state index contributed by atoms with van der Waals surface area (Å²) in [5.74, 6) is 6.56. The lowest BCUT2D eigenvalue weighted by Crippen LogP contribution is -2.44. The average Bonchev–Trinajstić information content (AvgIpc) is 3.04. The van der Waals surface area contributed by atoms with E-state index < -0.39 is 5.69 Å². The number of rotatable bonds is 5. The van der Waals surface area contributed by atoms with Gasteiger partial charge in [-0.1, -0.05) is 5.92 Å². The van der Waals surface area contributed by atoms with E-state index in [1.165, 1.54) is 11.6 Å². The van der Waals surface area contributed by atoms with Crippen molar-refractivity contribution >= 4 is 17.1 Å². The third-order valence-corrected chi connectivity index (χ3v) is 4.54. The fourth-order valence-corrected chi connectivity index (χ4v) is 3.14. The number of hydrogen-bond acceptors (Lipinski definition) is 6. The molecule has 0 amide bonds. The summed E-state index contributed by atoms with van der Waals surface area (Å²) in [6.07, 6.45) is 0. The van der Waals surface area contributed by atoms with Gasteiger partial charge in [0.05, 0.1) is 19.7 Å². The van der Waals surface area contributed by atoms with Crippen LogP contribution < -0.4 is 21.5 Å². The SMILES string of the molecule is CC#CCn1c(N2CCNCC2)nc2c1c(=O)n(C)c(=O)n2CCOC. The van der Waals surface area contributed by atoms with Crippen molar-refractivity contribution in [1.29, 1.82) is 0 Å². The molecule has 3 heterocycles. The zero-order valence-corrected chi connectivity index (χ0v) is 15.4. The molecule has 1 N–H and O–H groups in total. The lowest BCUT2D eigenvalue weighted by molar-refractivity contribution is 0.186. The Kier molecular flexibility index (Phi) is 5.44. The second-order valence-corrected chi connectivity index (χ2v) is 6.13. The smallest absolute Gasteiger partial charge is 0.332 e. The lowest BCUT2D eigenvalue weighted by atomic mass is 10.4. The number of hydrogen-bond donors (Lipinski definition) is 1. The first-order chi connectivity index (χ1) is 12.6. The van der Waals surface area contributed by atoms with Crippen LogP contribution in [-0.2, 0) is 24.9 Å². The molecular formula is C17H24N6O3. The minimum absolute atomic E-state index is 0.331. The molecule has 0 saturated carbocycles. The van der Waals surface area contributed by atoms with Crippen molar-refractivity contribution in [2.24, 2.45) is 7.05 Å². The van der Waals surface area contributed by atoms with Crippen LogP contribution in [0.15, 0.2) is 9.59 Å². The molecule has 0 spiro atoms. The van der Waals surface area contributed by atoms with Gasteiger partial charge in [-0.25, -0.2) is 4.79 Å². The molecule has 140 valence electrons. The van der Waals surface area contributed by atoms with Crippen molar-refractivity contribution in [2.45, 2.75) is 20.0 Å². The first-order valence-corrected chi connectivity index (χ1v) is 8.64. The van der Waals surface area contributed by atoms with E-state index in [2.05, 4.69) is 22.1 Å². The van der Waals surface area contributed by atoms with Gasteiger partial charge in [-0.2, -0.15) is 4.98 Å². The Bertz CT molecular complexity index is 969. The normalized spacial score (nSPS) is 14.5. The van der Waals surface area contributed by atoms with Crippen LogP contribution in [0.2, 0.25) is 0 Å². The molecule has 0 bridgehead atoms. The minimum atomic E-state index is -0.391. The van der Waals surface area contributed by atoms with E-state index in [4.69, 9.17) is 9.72 Å². The first kappa shape index (κ1) is 18.2. The highest BCUT2D eigenvalue weighted by Crippen LogP contribution is 2.20. The Morgan fingerprint density at radius 1 is 1.23 bits per heavy atom. The van der Waals surface area contributed by atoms with Crippen LogP contribution >= 0.6 is 0 Å².